The first-order valence-corrected chi connectivity index (χ1v) is 6.24. The lowest BCUT2D eigenvalue weighted by Crippen LogP contribution is -2.48. The first-order chi connectivity index (χ1) is 8.49. The van der Waals surface area contributed by atoms with Gasteiger partial charge in [-0.15, -0.1) is 0 Å². The highest BCUT2D eigenvalue weighted by atomic mass is 79.9. The Bertz CT molecular complexity index is 515. The number of carbonyl (C=O) groups is 1. The summed E-state index contributed by atoms with van der Waals surface area (Å²) in [6.45, 7) is 2.96. The van der Waals surface area contributed by atoms with Gasteiger partial charge < -0.3 is 10.6 Å². The first-order valence-electron chi connectivity index (χ1n) is 5.45. The lowest BCUT2D eigenvalue weighted by Gasteiger charge is -2.26. The minimum atomic E-state index is -0.456. The summed E-state index contributed by atoms with van der Waals surface area (Å²) in [6.07, 6.45) is 0. The molecule has 1 aliphatic heterocycles. The van der Waals surface area contributed by atoms with E-state index in [0.29, 0.717) is 28.8 Å². The molecule has 1 aromatic rings. The van der Waals surface area contributed by atoms with E-state index in [1.165, 1.54) is 6.07 Å². The van der Waals surface area contributed by atoms with Crippen LogP contribution >= 0.6 is 15.9 Å². The molecule has 0 unspecified atom stereocenters. The molecular formula is C11H12BrN3O3. The summed E-state index contributed by atoms with van der Waals surface area (Å²) in [4.78, 5) is 22.2. The molecule has 18 heavy (non-hydrogen) atoms. The van der Waals surface area contributed by atoms with Crippen LogP contribution in [0.3, 0.4) is 0 Å². The Morgan fingerprint density at radius 3 is 2.72 bits per heavy atom. The number of hydrogen-bond donors (Lipinski definition) is 2. The van der Waals surface area contributed by atoms with Gasteiger partial charge in [-0.1, -0.05) is 0 Å². The molecule has 2 rings (SSSR count). The van der Waals surface area contributed by atoms with Crippen LogP contribution in [0.25, 0.3) is 0 Å². The molecule has 1 saturated heterocycles. The molecule has 1 aromatic carbocycles. The second-order valence-electron chi connectivity index (χ2n) is 4.22. The molecule has 2 N–H and O–H groups in total. The van der Waals surface area contributed by atoms with Gasteiger partial charge in [-0.05, 0) is 28.9 Å². The number of amides is 1. The number of nitrogens with one attached hydrogen (secondary N) is 2. The van der Waals surface area contributed by atoms with E-state index in [9.17, 15) is 14.9 Å². The van der Waals surface area contributed by atoms with E-state index in [1.54, 1.807) is 13.0 Å². The van der Waals surface area contributed by atoms with Crippen molar-refractivity contribution in [3.8, 4) is 0 Å². The van der Waals surface area contributed by atoms with Crippen LogP contribution in [-0.4, -0.2) is 23.9 Å². The van der Waals surface area contributed by atoms with Crippen LogP contribution in [0.1, 0.15) is 5.56 Å². The van der Waals surface area contributed by atoms with Crippen molar-refractivity contribution in [1.82, 2.24) is 5.32 Å². The van der Waals surface area contributed by atoms with E-state index in [1.807, 2.05) is 0 Å². The Morgan fingerprint density at radius 2 is 2.22 bits per heavy atom. The highest BCUT2D eigenvalue weighted by molar-refractivity contribution is 9.10. The topological polar surface area (TPSA) is 84.3 Å². The fourth-order valence-corrected chi connectivity index (χ4v) is 2.22. The third-order valence-electron chi connectivity index (χ3n) is 2.89. The van der Waals surface area contributed by atoms with E-state index in [4.69, 9.17) is 0 Å². The molecule has 0 spiro atoms. The molecule has 0 aliphatic carbocycles. The third-order valence-corrected chi connectivity index (χ3v) is 3.55. The number of nitrogens with zero attached hydrogens (tertiary/aromatic N) is 1. The number of carbonyl (C=O) groups excluding carboxylic acids is 1. The maximum atomic E-state index is 11.8. The van der Waals surface area contributed by atoms with Crippen LogP contribution in [0.5, 0.6) is 0 Å². The zero-order chi connectivity index (χ0) is 13.3. The van der Waals surface area contributed by atoms with Gasteiger partial charge >= 0.3 is 0 Å². The summed E-state index contributed by atoms with van der Waals surface area (Å²) in [7, 11) is 0. The summed E-state index contributed by atoms with van der Waals surface area (Å²) >= 11 is 3.29. The van der Waals surface area contributed by atoms with Crippen molar-refractivity contribution in [3.63, 3.8) is 0 Å². The van der Waals surface area contributed by atoms with Crippen LogP contribution in [0.2, 0.25) is 0 Å². The molecule has 0 radical (unpaired) electrons. The summed E-state index contributed by atoms with van der Waals surface area (Å²) in [5.41, 5.74) is 0.986. The predicted octanol–water partition coefficient (Wildman–Crippen LogP) is 1.82. The summed E-state index contributed by atoms with van der Waals surface area (Å²) in [5.74, 6) is -0.176. The van der Waals surface area contributed by atoms with Crippen molar-refractivity contribution in [2.45, 2.75) is 6.92 Å². The summed E-state index contributed by atoms with van der Waals surface area (Å²) in [6, 6.07) is 3.01. The lowest BCUT2D eigenvalue weighted by atomic mass is 10.0. The van der Waals surface area contributed by atoms with Crippen LogP contribution in [0.15, 0.2) is 16.6 Å². The van der Waals surface area contributed by atoms with E-state index < -0.39 is 4.92 Å². The van der Waals surface area contributed by atoms with Crippen LogP contribution in [-0.2, 0) is 4.79 Å². The molecule has 1 amide bonds. The largest absolute Gasteiger partial charge is 0.325 e. The van der Waals surface area contributed by atoms with E-state index in [0.717, 1.165) is 0 Å². The Hall–Kier alpha value is -1.47. The monoisotopic (exact) mass is 313 g/mol. The molecule has 0 aromatic heterocycles. The molecule has 1 heterocycles. The smallest absolute Gasteiger partial charge is 0.274 e. The number of hydrogen-bond acceptors (Lipinski definition) is 4. The number of halogens is 1. The van der Waals surface area contributed by atoms with E-state index in [-0.39, 0.29) is 17.5 Å². The molecule has 1 aliphatic rings. The minimum Gasteiger partial charge on any atom is -0.325 e. The second kappa shape index (κ2) is 5.03. The van der Waals surface area contributed by atoms with Crippen molar-refractivity contribution < 1.29 is 9.72 Å². The predicted molar refractivity (Wildman–Crippen MR) is 70.5 cm³/mol. The van der Waals surface area contributed by atoms with Crippen molar-refractivity contribution in [2.24, 2.45) is 5.92 Å². The summed E-state index contributed by atoms with van der Waals surface area (Å²) < 4.78 is 0.645. The minimum absolute atomic E-state index is 0.000217. The van der Waals surface area contributed by atoms with Crippen molar-refractivity contribution in [2.75, 3.05) is 18.4 Å². The SMILES string of the molecule is Cc1cc(Br)c(NC(=O)C2CNC2)cc1[N+](=O)[O-]. The fourth-order valence-electron chi connectivity index (χ4n) is 1.66. The Balaban J connectivity index is 2.23. The number of nitro benzene ring substituents is 1. The molecule has 6 nitrogen and oxygen atoms in total. The van der Waals surface area contributed by atoms with Crippen molar-refractivity contribution in [3.05, 3.63) is 32.3 Å². The maximum Gasteiger partial charge on any atom is 0.274 e. The second-order valence-corrected chi connectivity index (χ2v) is 5.07. The van der Waals surface area contributed by atoms with Crippen LogP contribution in [0.4, 0.5) is 11.4 Å². The summed E-state index contributed by atoms with van der Waals surface area (Å²) in [5, 5.41) is 16.5. The lowest BCUT2D eigenvalue weighted by molar-refractivity contribution is -0.385. The highest BCUT2D eigenvalue weighted by Crippen LogP contribution is 2.31. The molecule has 0 saturated carbocycles. The van der Waals surface area contributed by atoms with Gasteiger partial charge in [-0.2, -0.15) is 0 Å². The van der Waals surface area contributed by atoms with Gasteiger partial charge in [0, 0.05) is 29.2 Å². The molecular weight excluding hydrogens is 302 g/mol. The van der Waals surface area contributed by atoms with Crippen LogP contribution < -0.4 is 10.6 Å². The highest BCUT2D eigenvalue weighted by Gasteiger charge is 2.26. The number of nitro groups is 1. The molecule has 0 bridgehead atoms. The van der Waals surface area contributed by atoms with Crippen molar-refractivity contribution >= 4 is 33.2 Å². The van der Waals surface area contributed by atoms with Gasteiger partial charge in [0.25, 0.3) is 5.69 Å². The number of benzene rings is 1. The number of anilines is 1. The Labute approximate surface area is 112 Å². The Morgan fingerprint density at radius 1 is 1.56 bits per heavy atom. The quantitative estimate of drug-likeness (QED) is 0.658. The average Bonchev–Trinajstić information content (AvgIpc) is 2.18. The van der Waals surface area contributed by atoms with Gasteiger partial charge in [-0.3, -0.25) is 14.9 Å². The van der Waals surface area contributed by atoms with E-state index in [2.05, 4.69) is 26.6 Å². The van der Waals surface area contributed by atoms with Gasteiger partial charge in [-0.25, -0.2) is 0 Å². The fraction of sp³-hybridized carbons (Fsp3) is 0.364. The standard InChI is InChI=1S/C11H12BrN3O3/c1-6-2-8(12)9(3-10(6)15(17)18)14-11(16)7-4-13-5-7/h2-3,7,13H,4-5H2,1H3,(H,14,16). The Kier molecular flexibility index (Phi) is 3.63. The normalized spacial score (nSPS) is 15.0. The molecule has 1 fully saturated rings. The van der Waals surface area contributed by atoms with Gasteiger partial charge in [0.15, 0.2) is 0 Å². The zero-order valence-corrected chi connectivity index (χ0v) is 11.3. The first kappa shape index (κ1) is 13.0. The maximum absolute atomic E-state index is 11.8. The van der Waals surface area contributed by atoms with Crippen molar-refractivity contribution in [1.29, 1.82) is 0 Å². The molecule has 96 valence electrons. The van der Waals surface area contributed by atoms with Crippen LogP contribution in [0, 0.1) is 23.0 Å². The van der Waals surface area contributed by atoms with Gasteiger partial charge in [0.2, 0.25) is 5.91 Å². The van der Waals surface area contributed by atoms with Gasteiger partial charge in [0.1, 0.15) is 0 Å². The van der Waals surface area contributed by atoms with Gasteiger partial charge in [0.05, 0.1) is 16.5 Å². The average molecular weight is 314 g/mol. The molecule has 0 atom stereocenters. The third kappa shape index (κ3) is 2.51. The number of aryl methyl sites for hydroxylation is 1. The molecule has 7 heteroatoms. The van der Waals surface area contributed by atoms with E-state index >= 15 is 0 Å². The zero-order valence-electron chi connectivity index (χ0n) is 9.70. The number of rotatable bonds is 3.